The van der Waals surface area contributed by atoms with E-state index in [1.807, 2.05) is 0 Å². The number of sulfone groups is 1. The van der Waals surface area contributed by atoms with Gasteiger partial charge in [0.1, 0.15) is 5.69 Å². The summed E-state index contributed by atoms with van der Waals surface area (Å²) in [6.07, 6.45) is -5.42. The number of halogens is 5. The number of thiophene rings is 1. The molecule has 0 aliphatic heterocycles. The number of hydrogen-bond donors (Lipinski definition) is 1. The predicted molar refractivity (Wildman–Crippen MR) is 143 cm³/mol. The standard InChI is InChI=1S/C24H20Cl2F3N5O3S2/c1-13-22(14(2)34(33-13)12-15-5-6-16(25)17(26)10-15)32-21(35)7-9-39(36,37)23-30-18(19-4-3-8-38-19)11-20(31-23)24(27,28)29/h3-6,8,10-11H,7,9,12H2,1-2H3,(H,32,35). The van der Waals surface area contributed by atoms with Crippen LogP contribution in [0.3, 0.4) is 0 Å². The van der Waals surface area contributed by atoms with Crippen LogP contribution >= 0.6 is 34.5 Å². The van der Waals surface area contributed by atoms with Gasteiger partial charge in [-0.05, 0) is 49.1 Å². The third-order valence-electron chi connectivity index (χ3n) is 5.61. The molecule has 0 aliphatic carbocycles. The van der Waals surface area contributed by atoms with E-state index < -0.39 is 44.9 Å². The highest BCUT2D eigenvalue weighted by Crippen LogP contribution is 2.32. The minimum Gasteiger partial charge on any atom is -0.323 e. The highest BCUT2D eigenvalue weighted by atomic mass is 35.5. The number of nitrogens with one attached hydrogen (secondary N) is 1. The normalized spacial score (nSPS) is 12.1. The van der Waals surface area contributed by atoms with Crippen LogP contribution in [0, 0.1) is 13.8 Å². The molecule has 0 radical (unpaired) electrons. The molecule has 15 heteroatoms. The van der Waals surface area contributed by atoms with Gasteiger partial charge in [-0.15, -0.1) is 11.3 Å². The minimum absolute atomic E-state index is 0.170. The molecule has 0 fully saturated rings. The van der Waals surface area contributed by atoms with Crippen molar-refractivity contribution in [2.24, 2.45) is 0 Å². The summed E-state index contributed by atoms with van der Waals surface area (Å²) in [6, 6.07) is 8.95. The summed E-state index contributed by atoms with van der Waals surface area (Å²) < 4.78 is 67.7. The van der Waals surface area contributed by atoms with Crippen molar-refractivity contribution in [1.82, 2.24) is 19.7 Å². The maximum atomic E-state index is 13.4. The lowest BCUT2D eigenvalue weighted by Crippen LogP contribution is -2.21. The van der Waals surface area contributed by atoms with E-state index in [-0.39, 0.29) is 5.69 Å². The maximum Gasteiger partial charge on any atom is 0.433 e. The van der Waals surface area contributed by atoms with E-state index in [4.69, 9.17) is 23.2 Å². The maximum absolute atomic E-state index is 13.4. The molecule has 1 N–H and O–H groups in total. The van der Waals surface area contributed by atoms with Gasteiger partial charge in [0.15, 0.2) is 0 Å². The van der Waals surface area contributed by atoms with Crippen molar-refractivity contribution in [3.63, 3.8) is 0 Å². The zero-order valence-electron chi connectivity index (χ0n) is 20.4. The summed E-state index contributed by atoms with van der Waals surface area (Å²) >= 11 is 13.1. The van der Waals surface area contributed by atoms with Gasteiger partial charge in [0, 0.05) is 6.42 Å². The number of aryl methyl sites for hydroxylation is 1. The predicted octanol–water partition coefficient (Wildman–Crippen LogP) is 6.19. The molecule has 206 valence electrons. The molecule has 0 unspecified atom stereocenters. The van der Waals surface area contributed by atoms with Crippen LogP contribution in [0.15, 0.2) is 46.9 Å². The third kappa shape index (κ3) is 6.78. The SMILES string of the molecule is Cc1nn(Cc2ccc(Cl)c(Cl)c2)c(C)c1NC(=O)CCS(=O)(=O)c1nc(-c2cccs2)cc(C(F)(F)F)n1. The first kappa shape index (κ1) is 29.0. The molecule has 0 atom stereocenters. The number of anilines is 1. The van der Waals surface area contributed by atoms with Crippen molar-refractivity contribution < 1.29 is 26.4 Å². The minimum atomic E-state index is -4.89. The number of carbonyl (C=O) groups excluding carboxylic acids is 1. The molecular weight excluding hydrogens is 598 g/mol. The van der Waals surface area contributed by atoms with Crippen molar-refractivity contribution >= 4 is 56.0 Å². The molecule has 4 rings (SSSR count). The number of hydrogen-bond acceptors (Lipinski definition) is 7. The quantitative estimate of drug-likeness (QED) is 0.236. The first-order chi connectivity index (χ1) is 18.2. The van der Waals surface area contributed by atoms with Crippen LogP contribution in [-0.4, -0.2) is 39.8 Å². The van der Waals surface area contributed by atoms with Gasteiger partial charge >= 0.3 is 6.18 Å². The van der Waals surface area contributed by atoms with E-state index in [9.17, 15) is 26.4 Å². The topological polar surface area (TPSA) is 107 Å². The lowest BCUT2D eigenvalue weighted by Gasteiger charge is -2.11. The molecule has 0 saturated carbocycles. The Kier molecular flexibility index (Phi) is 8.36. The van der Waals surface area contributed by atoms with Gasteiger partial charge < -0.3 is 5.32 Å². The second-order valence-electron chi connectivity index (χ2n) is 8.47. The Bertz CT molecular complexity index is 1640. The molecule has 1 aromatic carbocycles. The molecule has 3 aromatic heterocycles. The van der Waals surface area contributed by atoms with Crippen LogP contribution in [0.25, 0.3) is 10.6 Å². The number of aromatic nitrogens is 4. The zero-order valence-corrected chi connectivity index (χ0v) is 23.5. The van der Waals surface area contributed by atoms with E-state index in [0.717, 1.165) is 16.9 Å². The zero-order chi connectivity index (χ0) is 28.5. The average Bonchev–Trinajstić information content (AvgIpc) is 3.49. The molecule has 0 saturated heterocycles. The fourth-order valence-corrected chi connectivity index (χ4v) is 5.74. The molecule has 1 amide bonds. The smallest absolute Gasteiger partial charge is 0.323 e. The van der Waals surface area contributed by atoms with Gasteiger partial charge in [-0.2, -0.15) is 18.3 Å². The van der Waals surface area contributed by atoms with Crippen molar-refractivity contribution in [3.05, 3.63) is 74.5 Å². The Morgan fingerprint density at radius 1 is 1.10 bits per heavy atom. The van der Waals surface area contributed by atoms with Crippen LogP contribution < -0.4 is 5.32 Å². The van der Waals surface area contributed by atoms with Crippen LogP contribution in [0.4, 0.5) is 18.9 Å². The second-order valence-corrected chi connectivity index (χ2v) is 12.2. The molecule has 0 bridgehead atoms. The number of alkyl halides is 3. The summed E-state index contributed by atoms with van der Waals surface area (Å²) in [5, 5.41) is 8.49. The summed E-state index contributed by atoms with van der Waals surface area (Å²) in [5.74, 6) is -1.45. The highest BCUT2D eigenvalue weighted by Gasteiger charge is 2.35. The van der Waals surface area contributed by atoms with Crippen molar-refractivity contribution in [1.29, 1.82) is 0 Å². The Labute approximate surface area is 235 Å². The number of carbonyl (C=O) groups is 1. The van der Waals surface area contributed by atoms with E-state index in [2.05, 4.69) is 20.4 Å². The van der Waals surface area contributed by atoms with Gasteiger partial charge in [0.05, 0.1) is 50.0 Å². The fourth-order valence-electron chi connectivity index (χ4n) is 3.62. The fraction of sp³-hybridized carbons (Fsp3) is 0.250. The third-order valence-corrected chi connectivity index (χ3v) is 8.72. The molecule has 3 heterocycles. The van der Waals surface area contributed by atoms with E-state index >= 15 is 0 Å². The Morgan fingerprint density at radius 2 is 1.85 bits per heavy atom. The molecule has 8 nitrogen and oxygen atoms in total. The van der Waals surface area contributed by atoms with Crippen LogP contribution in [-0.2, 0) is 27.4 Å². The number of amides is 1. The largest absolute Gasteiger partial charge is 0.433 e. The van der Waals surface area contributed by atoms with Gasteiger partial charge in [-0.3, -0.25) is 9.48 Å². The Balaban J connectivity index is 1.49. The first-order valence-electron chi connectivity index (χ1n) is 11.3. The Morgan fingerprint density at radius 3 is 2.49 bits per heavy atom. The first-order valence-corrected chi connectivity index (χ1v) is 14.5. The van der Waals surface area contributed by atoms with E-state index in [0.29, 0.717) is 44.6 Å². The van der Waals surface area contributed by atoms with Gasteiger partial charge in [-0.25, -0.2) is 18.4 Å². The number of rotatable bonds is 8. The summed E-state index contributed by atoms with van der Waals surface area (Å²) in [5.41, 5.74) is 0.762. The van der Waals surface area contributed by atoms with Crippen molar-refractivity contribution in [2.75, 3.05) is 11.1 Å². The van der Waals surface area contributed by atoms with Crippen LogP contribution in [0.5, 0.6) is 0 Å². The van der Waals surface area contributed by atoms with Crippen LogP contribution in [0.1, 0.15) is 29.1 Å². The summed E-state index contributed by atoms with van der Waals surface area (Å²) in [6.45, 7) is 3.74. The van der Waals surface area contributed by atoms with E-state index in [1.165, 1.54) is 6.07 Å². The van der Waals surface area contributed by atoms with Crippen LogP contribution in [0.2, 0.25) is 10.0 Å². The number of nitrogens with zero attached hydrogens (tertiary/aromatic N) is 4. The van der Waals surface area contributed by atoms with Crippen molar-refractivity contribution in [3.8, 4) is 10.6 Å². The van der Waals surface area contributed by atoms with Gasteiger partial charge in [-0.1, -0.05) is 35.3 Å². The van der Waals surface area contributed by atoms with E-state index in [1.54, 1.807) is 48.2 Å². The summed E-state index contributed by atoms with van der Waals surface area (Å²) in [4.78, 5) is 20.1. The molecular formula is C24H20Cl2F3N5O3S2. The molecule has 0 spiro atoms. The lowest BCUT2D eigenvalue weighted by molar-refractivity contribution is -0.141. The van der Waals surface area contributed by atoms with Gasteiger partial charge in [0.2, 0.25) is 20.9 Å². The molecule has 4 aromatic rings. The number of benzene rings is 1. The average molecular weight is 618 g/mol. The monoisotopic (exact) mass is 617 g/mol. The second kappa shape index (κ2) is 11.2. The Hall–Kier alpha value is -3.00. The van der Waals surface area contributed by atoms with Crippen molar-refractivity contribution in [2.45, 2.75) is 38.1 Å². The summed E-state index contributed by atoms with van der Waals surface area (Å²) in [7, 11) is -4.43. The van der Waals surface area contributed by atoms with Gasteiger partial charge in [0.25, 0.3) is 0 Å². The molecule has 0 aliphatic rings. The lowest BCUT2D eigenvalue weighted by atomic mass is 10.2. The molecule has 39 heavy (non-hydrogen) atoms. The highest BCUT2D eigenvalue weighted by molar-refractivity contribution is 7.91.